The van der Waals surface area contributed by atoms with Gasteiger partial charge in [-0.05, 0) is 67.6 Å². The highest BCUT2D eigenvalue weighted by Crippen LogP contribution is 2.24. The molecule has 2 aromatic rings. The van der Waals surface area contributed by atoms with E-state index in [1.165, 1.54) is 10.7 Å². The van der Waals surface area contributed by atoms with E-state index < -0.39 is 10.0 Å². The van der Waals surface area contributed by atoms with Gasteiger partial charge in [-0.3, -0.25) is 13.9 Å². The van der Waals surface area contributed by atoms with E-state index in [0.717, 1.165) is 31.5 Å². The van der Waals surface area contributed by atoms with Crippen molar-refractivity contribution >= 4 is 27.5 Å². The summed E-state index contributed by atoms with van der Waals surface area (Å²) in [4.78, 5) is 26.9. The van der Waals surface area contributed by atoms with Crippen LogP contribution in [0.4, 0.5) is 5.69 Å². The summed E-state index contributed by atoms with van der Waals surface area (Å²) < 4.78 is 25.4. The van der Waals surface area contributed by atoms with E-state index in [1.54, 1.807) is 24.3 Å². The molecule has 0 radical (unpaired) electrons. The molecule has 2 aromatic carbocycles. The average Bonchev–Trinajstić information content (AvgIpc) is 3.17. The zero-order valence-corrected chi connectivity index (χ0v) is 18.2. The Kier molecular flexibility index (Phi) is 6.27. The average molecular weight is 442 g/mol. The summed E-state index contributed by atoms with van der Waals surface area (Å²) in [6.45, 7) is 2.46. The van der Waals surface area contributed by atoms with Gasteiger partial charge in [0.2, 0.25) is 10.0 Å². The smallest absolute Gasteiger partial charge is 0.253 e. The number of nitrogens with zero attached hydrogens (tertiary/aromatic N) is 2. The van der Waals surface area contributed by atoms with Gasteiger partial charge < -0.3 is 10.2 Å². The molecule has 2 heterocycles. The number of piperidine rings is 1. The van der Waals surface area contributed by atoms with Gasteiger partial charge in [0.15, 0.2) is 0 Å². The fraction of sp³-hybridized carbons (Fsp3) is 0.391. The number of rotatable bonds is 5. The van der Waals surface area contributed by atoms with E-state index in [2.05, 4.69) is 5.32 Å². The van der Waals surface area contributed by atoms with Crippen LogP contribution in [0, 0.1) is 0 Å². The molecule has 2 fully saturated rings. The van der Waals surface area contributed by atoms with Crippen LogP contribution in [0.15, 0.2) is 48.5 Å². The molecule has 4 rings (SSSR count). The van der Waals surface area contributed by atoms with Crippen LogP contribution in [0.1, 0.15) is 52.0 Å². The molecule has 1 N–H and O–H groups in total. The molecule has 7 nitrogen and oxygen atoms in total. The van der Waals surface area contributed by atoms with Crippen molar-refractivity contribution in [3.63, 3.8) is 0 Å². The Morgan fingerprint density at radius 1 is 0.806 bits per heavy atom. The van der Waals surface area contributed by atoms with Gasteiger partial charge in [-0.15, -0.1) is 0 Å². The fourth-order valence-corrected chi connectivity index (χ4v) is 5.60. The van der Waals surface area contributed by atoms with Crippen LogP contribution in [0.5, 0.6) is 0 Å². The highest BCUT2D eigenvalue weighted by atomic mass is 32.2. The summed E-state index contributed by atoms with van der Waals surface area (Å²) in [7, 11) is -3.23. The SMILES string of the molecule is O=C(NCc1ccc(C(=O)N2CCCCC2)cc1)c1ccc(N2CCCS2(=O)=O)cc1. The third-order valence-electron chi connectivity index (χ3n) is 5.81. The molecule has 2 saturated heterocycles. The zero-order chi connectivity index (χ0) is 21.8. The monoisotopic (exact) mass is 441 g/mol. The first kappa shape index (κ1) is 21.4. The number of likely N-dealkylation sites (tertiary alicyclic amines) is 1. The molecule has 0 saturated carbocycles. The summed E-state index contributed by atoms with van der Waals surface area (Å²) in [5.41, 5.74) is 2.63. The standard InChI is InChI=1S/C23H27N3O4S/c27-22(19-9-11-21(12-10-19)26-15-4-16-31(26,29)30)24-17-18-5-7-20(8-6-18)23(28)25-13-2-1-3-14-25/h5-12H,1-4,13-17H2,(H,24,27). The molecule has 0 unspecified atom stereocenters. The largest absolute Gasteiger partial charge is 0.348 e. The normalized spacial score (nSPS) is 18.1. The molecule has 0 atom stereocenters. The van der Waals surface area contributed by atoms with Crippen molar-refractivity contribution in [1.29, 1.82) is 0 Å². The molecular formula is C23H27N3O4S. The summed E-state index contributed by atoms with van der Waals surface area (Å²) in [6.07, 6.45) is 3.92. The van der Waals surface area contributed by atoms with Gasteiger partial charge in [0.1, 0.15) is 0 Å². The topological polar surface area (TPSA) is 86.8 Å². The maximum absolute atomic E-state index is 12.5. The van der Waals surface area contributed by atoms with Crippen molar-refractivity contribution in [3.05, 3.63) is 65.2 Å². The first-order valence-electron chi connectivity index (χ1n) is 10.7. The second-order valence-electron chi connectivity index (χ2n) is 8.02. The van der Waals surface area contributed by atoms with Gasteiger partial charge in [-0.25, -0.2) is 8.42 Å². The fourth-order valence-electron chi connectivity index (χ4n) is 4.04. The van der Waals surface area contributed by atoms with Gasteiger partial charge in [-0.2, -0.15) is 0 Å². The number of carbonyl (C=O) groups excluding carboxylic acids is 2. The lowest BCUT2D eigenvalue weighted by molar-refractivity contribution is 0.0724. The van der Waals surface area contributed by atoms with Crippen molar-refractivity contribution in [1.82, 2.24) is 10.2 Å². The maximum atomic E-state index is 12.5. The Bertz CT molecular complexity index is 1040. The van der Waals surface area contributed by atoms with Crippen LogP contribution in [-0.2, 0) is 16.6 Å². The van der Waals surface area contributed by atoms with E-state index in [-0.39, 0.29) is 17.6 Å². The Balaban J connectivity index is 1.32. The van der Waals surface area contributed by atoms with Crippen LogP contribution in [0.2, 0.25) is 0 Å². The number of anilines is 1. The highest BCUT2D eigenvalue weighted by molar-refractivity contribution is 7.93. The minimum Gasteiger partial charge on any atom is -0.348 e. The van der Waals surface area contributed by atoms with Gasteiger partial charge in [0.05, 0.1) is 11.4 Å². The van der Waals surface area contributed by atoms with Crippen LogP contribution >= 0.6 is 0 Å². The van der Waals surface area contributed by atoms with Crippen molar-refractivity contribution in [2.24, 2.45) is 0 Å². The molecule has 0 bridgehead atoms. The Morgan fingerprint density at radius 2 is 1.45 bits per heavy atom. The second-order valence-corrected chi connectivity index (χ2v) is 10.0. The van der Waals surface area contributed by atoms with E-state index in [4.69, 9.17) is 0 Å². The number of hydrogen-bond acceptors (Lipinski definition) is 4. The number of carbonyl (C=O) groups is 2. The number of hydrogen-bond donors (Lipinski definition) is 1. The first-order valence-corrected chi connectivity index (χ1v) is 12.3. The van der Waals surface area contributed by atoms with E-state index in [0.29, 0.717) is 36.3 Å². The molecule has 31 heavy (non-hydrogen) atoms. The lowest BCUT2D eigenvalue weighted by Gasteiger charge is -2.26. The molecule has 0 aromatic heterocycles. The predicted molar refractivity (Wildman–Crippen MR) is 120 cm³/mol. The summed E-state index contributed by atoms with van der Waals surface area (Å²) >= 11 is 0. The Morgan fingerprint density at radius 3 is 2.06 bits per heavy atom. The molecule has 2 amide bonds. The van der Waals surface area contributed by atoms with Crippen LogP contribution < -0.4 is 9.62 Å². The lowest BCUT2D eigenvalue weighted by atomic mass is 10.1. The van der Waals surface area contributed by atoms with E-state index in [1.807, 2.05) is 29.2 Å². The molecule has 8 heteroatoms. The second kappa shape index (κ2) is 9.09. The van der Waals surface area contributed by atoms with Gasteiger partial charge in [-0.1, -0.05) is 12.1 Å². The number of amides is 2. The van der Waals surface area contributed by atoms with Crippen LogP contribution in [0.3, 0.4) is 0 Å². The van der Waals surface area contributed by atoms with Crippen molar-refractivity contribution in [2.45, 2.75) is 32.2 Å². The van der Waals surface area contributed by atoms with Crippen LogP contribution in [0.25, 0.3) is 0 Å². The van der Waals surface area contributed by atoms with E-state index in [9.17, 15) is 18.0 Å². The molecule has 0 spiro atoms. The summed E-state index contributed by atoms with van der Waals surface area (Å²) in [5, 5.41) is 2.87. The minimum absolute atomic E-state index is 0.0652. The molecule has 2 aliphatic heterocycles. The third kappa shape index (κ3) is 4.90. The lowest BCUT2D eigenvalue weighted by Crippen LogP contribution is -2.35. The third-order valence-corrected chi connectivity index (χ3v) is 7.68. The van der Waals surface area contributed by atoms with Crippen LogP contribution in [-0.4, -0.2) is 50.5 Å². The predicted octanol–water partition coefficient (Wildman–Crippen LogP) is 2.78. The number of nitrogens with one attached hydrogen (secondary N) is 1. The summed E-state index contributed by atoms with van der Waals surface area (Å²) in [6, 6.07) is 13.9. The molecule has 2 aliphatic rings. The van der Waals surface area contributed by atoms with Gasteiger partial charge >= 0.3 is 0 Å². The Hall–Kier alpha value is -2.87. The molecule has 164 valence electrons. The van der Waals surface area contributed by atoms with E-state index >= 15 is 0 Å². The highest BCUT2D eigenvalue weighted by Gasteiger charge is 2.28. The quantitative estimate of drug-likeness (QED) is 0.773. The van der Waals surface area contributed by atoms with Crippen molar-refractivity contribution < 1.29 is 18.0 Å². The minimum atomic E-state index is -3.23. The van der Waals surface area contributed by atoms with Gasteiger partial charge in [0, 0.05) is 37.3 Å². The maximum Gasteiger partial charge on any atom is 0.253 e. The molecule has 0 aliphatic carbocycles. The van der Waals surface area contributed by atoms with Crippen molar-refractivity contribution in [3.8, 4) is 0 Å². The molecular weight excluding hydrogens is 414 g/mol. The Labute approximate surface area is 183 Å². The van der Waals surface area contributed by atoms with Crippen molar-refractivity contribution in [2.75, 3.05) is 29.7 Å². The first-order chi connectivity index (χ1) is 14.9. The summed E-state index contributed by atoms with van der Waals surface area (Å²) in [5.74, 6) is -0.00261. The number of sulfonamides is 1. The number of benzene rings is 2. The zero-order valence-electron chi connectivity index (χ0n) is 17.4. The van der Waals surface area contributed by atoms with Gasteiger partial charge in [0.25, 0.3) is 11.8 Å².